The number of hydrogen-bond donors (Lipinski definition) is 0. The molecule has 0 bridgehead atoms. The molecule has 0 unspecified atom stereocenters. The quantitative estimate of drug-likeness (QED) is 0.277. The first-order valence-corrected chi connectivity index (χ1v) is 9.03. The van der Waals surface area contributed by atoms with Crippen molar-refractivity contribution in [1.82, 2.24) is 4.90 Å². The van der Waals surface area contributed by atoms with Crippen LogP contribution in [0.2, 0.25) is 0 Å². The highest BCUT2D eigenvalue weighted by atomic mass is 127. The summed E-state index contributed by atoms with van der Waals surface area (Å²) in [5.74, 6) is -1.22. The van der Waals surface area contributed by atoms with Crippen molar-refractivity contribution in [3.05, 3.63) is 11.3 Å². The number of β-lactam (4-membered cyclic amide) rings is 1. The monoisotopic (exact) mass is 413 g/mol. The molecule has 0 aromatic rings. The van der Waals surface area contributed by atoms with E-state index in [1.54, 1.807) is 50.3 Å². The van der Waals surface area contributed by atoms with Crippen molar-refractivity contribution >= 4 is 44.3 Å². The van der Waals surface area contributed by atoms with Gasteiger partial charge < -0.3 is 4.74 Å². The predicted octanol–water partition coefficient (Wildman–Crippen LogP) is 1.00. The predicted molar refractivity (Wildman–Crippen MR) is 80.8 cm³/mol. The van der Waals surface area contributed by atoms with E-state index in [1.165, 1.54) is 0 Å². The van der Waals surface area contributed by atoms with Crippen LogP contribution in [0.15, 0.2) is 11.3 Å². The number of carbonyl (C=O) groups excluding carboxylic acids is 2. The van der Waals surface area contributed by atoms with Crippen LogP contribution in [0.1, 0.15) is 27.7 Å². The number of halogens is 1. The van der Waals surface area contributed by atoms with Crippen molar-refractivity contribution in [2.24, 2.45) is 0 Å². The molecular weight excluding hydrogens is 397 g/mol. The molecular formula is C12H16INO5S. The number of sulfone groups is 1. The second kappa shape index (κ2) is 4.69. The second-order valence-corrected chi connectivity index (χ2v) is 9.38. The van der Waals surface area contributed by atoms with E-state index in [4.69, 9.17) is 4.74 Å². The van der Waals surface area contributed by atoms with Gasteiger partial charge in [-0.15, -0.1) is 0 Å². The lowest BCUT2D eigenvalue weighted by atomic mass is 10.1. The summed E-state index contributed by atoms with van der Waals surface area (Å²) in [6.07, 6.45) is 0. The molecule has 0 aromatic heterocycles. The largest absolute Gasteiger partial charge is 0.455 e. The average Bonchev–Trinajstić information content (AvgIpc) is 2.23. The highest BCUT2D eigenvalue weighted by molar-refractivity contribution is 14.1. The number of esters is 1. The number of rotatable bonds is 1. The zero-order chi connectivity index (χ0) is 15.5. The molecule has 2 aliphatic rings. The SMILES string of the molecule is CC1=C(C(=O)OC(C)(C)C)N2C(=O)[C@H](I)[C@H]2S(=O)(=O)C1. The third-order valence-electron chi connectivity index (χ3n) is 3.00. The fourth-order valence-electron chi connectivity index (χ4n) is 2.27. The molecule has 0 spiro atoms. The van der Waals surface area contributed by atoms with Crippen LogP contribution in [0.5, 0.6) is 0 Å². The normalized spacial score (nSPS) is 28.9. The summed E-state index contributed by atoms with van der Waals surface area (Å²) in [5, 5.41) is -0.943. The van der Waals surface area contributed by atoms with Gasteiger partial charge in [0, 0.05) is 0 Å². The van der Waals surface area contributed by atoms with E-state index in [-0.39, 0.29) is 17.4 Å². The standard InChI is InChI=1S/C12H16INO5S/c1-6-5-20(17,18)10-7(13)9(15)14(10)8(6)11(16)19-12(2,3)4/h7,10H,5H2,1-4H3/t7-,10+/m0/s1. The summed E-state index contributed by atoms with van der Waals surface area (Å²) < 4.78 is 28.8. The van der Waals surface area contributed by atoms with Crippen molar-refractivity contribution in [2.45, 2.75) is 42.6 Å². The van der Waals surface area contributed by atoms with E-state index >= 15 is 0 Å². The van der Waals surface area contributed by atoms with E-state index in [9.17, 15) is 18.0 Å². The van der Waals surface area contributed by atoms with Crippen molar-refractivity contribution in [3.8, 4) is 0 Å². The average molecular weight is 413 g/mol. The van der Waals surface area contributed by atoms with Crippen molar-refractivity contribution < 1.29 is 22.7 Å². The van der Waals surface area contributed by atoms with Gasteiger partial charge in [0.2, 0.25) is 5.91 Å². The third-order valence-corrected chi connectivity index (χ3v) is 6.76. The zero-order valence-corrected chi connectivity index (χ0v) is 14.6. The second-order valence-electron chi connectivity index (χ2n) is 5.94. The maximum absolute atomic E-state index is 12.2. The Morgan fingerprint density at radius 2 is 1.95 bits per heavy atom. The van der Waals surface area contributed by atoms with E-state index in [1.807, 2.05) is 0 Å². The number of carbonyl (C=O) groups is 2. The zero-order valence-electron chi connectivity index (χ0n) is 11.6. The summed E-state index contributed by atoms with van der Waals surface area (Å²) >= 11 is 1.80. The molecule has 1 fully saturated rings. The van der Waals surface area contributed by atoms with Gasteiger partial charge in [-0.25, -0.2) is 13.2 Å². The van der Waals surface area contributed by atoms with Gasteiger partial charge in [0.1, 0.15) is 15.2 Å². The topological polar surface area (TPSA) is 80.8 Å². The smallest absolute Gasteiger partial charge is 0.355 e. The van der Waals surface area contributed by atoms with Crippen LogP contribution in [0.25, 0.3) is 0 Å². The molecule has 112 valence electrons. The summed E-state index contributed by atoms with van der Waals surface area (Å²) in [5.41, 5.74) is -0.266. The molecule has 2 atom stereocenters. The van der Waals surface area contributed by atoms with Gasteiger partial charge in [0.15, 0.2) is 15.2 Å². The number of nitrogens with zero attached hydrogens (tertiary/aromatic N) is 1. The first kappa shape index (κ1) is 15.7. The summed E-state index contributed by atoms with van der Waals surface area (Å²) in [6, 6.07) is 0. The minimum atomic E-state index is -3.43. The minimum absolute atomic E-state index is 0.0812. The molecule has 20 heavy (non-hydrogen) atoms. The molecule has 1 amide bonds. The van der Waals surface area contributed by atoms with Crippen molar-refractivity contribution in [1.29, 1.82) is 0 Å². The van der Waals surface area contributed by atoms with Crippen LogP contribution < -0.4 is 0 Å². The summed E-state index contributed by atoms with van der Waals surface area (Å²) in [7, 11) is -3.43. The van der Waals surface area contributed by atoms with Crippen LogP contribution >= 0.6 is 22.6 Å². The first-order chi connectivity index (χ1) is 8.96. The molecule has 0 saturated carbocycles. The summed E-state index contributed by atoms with van der Waals surface area (Å²) in [4.78, 5) is 25.2. The van der Waals surface area contributed by atoms with Crippen LogP contribution in [0.3, 0.4) is 0 Å². The Morgan fingerprint density at radius 1 is 1.40 bits per heavy atom. The molecule has 1 saturated heterocycles. The van der Waals surface area contributed by atoms with Crippen LogP contribution in [-0.2, 0) is 24.2 Å². The Labute approximate surface area is 131 Å². The van der Waals surface area contributed by atoms with Gasteiger partial charge >= 0.3 is 5.97 Å². The van der Waals surface area contributed by atoms with E-state index < -0.39 is 30.7 Å². The molecule has 2 heterocycles. The Balaban J connectivity index is 2.42. The summed E-state index contributed by atoms with van der Waals surface area (Å²) in [6.45, 7) is 6.70. The minimum Gasteiger partial charge on any atom is -0.455 e. The number of ether oxygens (including phenoxy) is 1. The van der Waals surface area contributed by atoms with Crippen LogP contribution in [-0.4, -0.2) is 45.8 Å². The maximum atomic E-state index is 12.2. The van der Waals surface area contributed by atoms with Gasteiger partial charge in [-0.2, -0.15) is 0 Å². The molecule has 0 aliphatic carbocycles. The lowest BCUT2D eigenvalue weighted by molar-refractivity contribution is -0.156. The molecule has 0 N–H and O–H groups in total. The lowest BCUT2D eigenvalue weighted by Crippen LogP contribution is -2.67. The maximum Gasteiger partial charge on any atom is 0.355 e. The third kappa shape index (κ3) is 2.47. The van der Waals surface area contributed by atoms with Gasteiger partial charge in [0.25, 0.3) is 0 Å². The van der Waals surface area contributed by atoms with E-state index in [2.05, 4.69) is 0 Å². The first-order valence-electron chi connectivity index (χ1n) is 6.07. The van der Waals surface area contributed by atoms with Crippen molar-refractivity contribution in [2.75, 3.05) is 5.75 Å². The lowest BCUT2D eigenvalue weighted by Gasteiger charge is -2.47. The molecule has 6 nitrogen and oxygen atoms in total. The Morgan fingerprint density at radius 3 is 2.45 bits per heavy atom. The fraction of sp³-hybridized carbons (Fsp3) is 0.667. The van der Waals surface area contributed by atoms with Crippen LogP contribution in [0.4, 0.5) is 0 Å². The van der Waals surface area contributed by atoms with Gasteiger partial charge in [-0.05, 0) is 33.3 Å². The number of alkyl halides is 1. The van der Waals surface area contributed by atoms with Crippen LogP contribution in [0, 0.1) is 0 Å². The van der Waals surface area contributed by atoms with Crippen molar-refractivity contribution in [3.63, 3.8) is 0 Å². The Kier molecular flexibility index (Phi) is 3.69. The van der Waals surface area contributed by atoms with Gasteiger partial charge in [-0.1, -0.05) is 22.6 Å². The van der Waals surface area contributed by atoms with E-state index in [0.717, 1.165) is 4.90 Å². The fourth-order valence-corrected chi connectivity index (χ4v) is 6.15. The Bertz CT molecular complexity index is 616. The number of hydrogen-bond acceptors (Lipinski definition) is 5. The van der Waals surface area contributed by atoms with Gasteiger partial charge in [-0.3, -0.25) is 9.69 Å². The molecule has 8 heteroatoms. The highest BCUT2D eigenvalue weighted by Gasteiger charge is 2.58. The van der Waals surface area contributed by atoms with E-state index in [0.29, 0.717) is 5.57 Å². The number of amides is 1. The Hall–Kier alpha value is -0.640. The molecule has 0 aromatic carbocycles. The molecule has 2 rings (SSSR count). The molecule has 2 aliphatic heterocycles. The van der Waals surface area contributed by atoms with Gasteiger partial charge in [0.05, 0.1) is 5.75 Å². The number of fused-ring (bicyclic) bond motifs is 1. The molecule has 0 radical (unpaired) electrons. The highest BCUT2D eigenvalue weighted by Crippen LogP contribution is 2.40.